The van der Waals surface area contributed by atoms with Crippen LogP contribution in [0.15, 0.2) is 48.9 Å². The predicted octanol–water partition coefficient (Wildman–Crippen LogP) is 2.78. The Morgan fingerprint density at radius 2 is 1.97 bits per heavy atom. The largest absolute Gasteiger partial charge is 0.465 e. The van der Waals surface area contributed by atoms with E-state index in [0.717, 1.165) is 17.0 Å². The highest BCUT2D eigenvalue weighted by Crippen LogP contribution is 2.46. The number of hydrogen-bond donors (Lipinski definition) is 2. The van der Waals surface area contributed by atoms with Gasteiger partial charge in [-0.2, -0.15) is 0 Å². The van der Waals surface area contributed by atoms with Gasteiger partial charge >= 0.3 is 12.1 Å². The lowest BCUT2D eigenvalue weighted by Crippen LogP contribution is -2.49. The molecule has 2 saturated heterocycles. The van der Waals surface area contributed by atoms with Crippen molar-refractivity contribution in [2.75, 3.05) is 43.1 Å². The number of anilines is 2. The smallest absolute Gasteiger partial charge is 0.407 e. The van der Waals surface area contributed by atoms with Gasteiger partial charge in [0.2, 0.25) is 0 Å². The summed E-state index contributed by atoms with van der Waals surface area (Å²) in [7, 11) is 1.93. The van der Waals surface area contributed by atoms with Gasteiger partial charge in [-0.3, -0.25) is 4.90 Å². The van der Waals surface area contributed by atoms with Crippen LogP contribution in [0.1, 0.15) is 29.8 Å². The molecule has 2 N–H and O–H groups in total. The first-order valence-electron chi connectivity index (χ1n) is 12.4. The highest BCUT2D eigenvalue weighted by atomic mass is 16.5. The van der Waals surface area contributed by atoms with E-state index in [1.54, 1.807) is 17.4 Å². The lowest BCUT2D eigenvalue weighted by Gasteiger charge is -2.42. The molecule has 1 spiro atoms. The van der Waals surface area contributed by atoms with Gasteiger partial charge in [-0.1, -0.05) is 18.2 Å². The molecule has 192 valence electrons. The zero-order chi connectivity index (χ0) is 25.6. The quantitative estimate of drug-likeness (QED) is 0.561. The fourth-order valence-electron chi connectivity index (χ4n) is 5.82. The molecule has 0 atom stereocenters. The molecular formula is C26H29N7O4. The van der Waals surface area contributed by atoms with E-state index in [0.29, 0.717) is 63.6 Å². The van der Waals surface area contributed by atoms with Gasteiger partial charge in [0.25, 0.3) is 0 Å². The Labute approximate surface area is 214 Å². The summed E-state index contributed by atoms with van der Waals surface area (Å²) in [5.74, 6) is 1.53. The van der Waals surface area contributed by atoms with Crippen LogP contribution in [0.25, 0.3) is 0 Å². The van der Waals surface area contributed by atoms with Crippen LogP contribution in [0.2, 0.25) is 0 Å². The number of rotatable bonds is 4. The zero-order valence-electron chi connectivity index (χ0n) is 20.6. The summed E-state index contributed by atoms with van der Waals surface area (Å²) in [4.78, 5) is 32.7. The number of aromatic nitrogens is 4. The van der Waals surface area contributed by atoms with Crippen LogP contribution >= 0.6 is 0 Å². The van der Waals surface area contributed by atoms with E-state index in [-0.39, 0.29) is 16.9 Å². The first kappa shape index (κ1) is 23.4. The second kappa shape index (κ2) is 8.84. The van der Waals surface area contributed by atoms with Gasteiger partial charge in [0.15, 0.2) is 0 Å². The maximum absolute atomic E-state index is 13.5. The van der Waals surface area contributed by atoms with Crippen LogP contribution in [0.3, 0.4) is 0 Å². The number of aryl methyl sites for hydroxylation is 1. The third kappa shape index (κ3) is 3.99. The number of fused-ring (bicyclic) bond motifs is 2. The number of nitrogens with zero attached hydrogens (tertiary/aromatic N) is 6. The third-order valence-electron chi connectivity index (χ3n) is 8.10. The monoisotopic (exact) mass is 503 g/mol. The van der Waals surface area contributed by atoms with Crippen molar-refractivity contribution in [2.24, 2.45) is 7.05 Å². The maximum Gasteiger partial charge on any atom is 0.407 e. The number of ether oxygens (including phenoxy) is 1. The number of likely N-dealkylation sites (tertiary alicyclic amines) is 1. The van der Waals surface area contributed by atoms with Crippen molar-refractivity contribution < 1.29 is 19.4 Å². The molecule has 11 nitrogen and oxygen atoms in total. The summed E-state index contributed by atoms with van der Waals surface area (Å²) in [6, 6.07) is 11.5. The molecule has 6 rings (SSSR count). The molecule has 0 bridgehead atoms. The van der Waals surface area contributed by atoms with Gasteiger partial charge < -0.3 is 24.6 Å². The lowest BCUT2D eigenvalue weighted by molar-refractivity contribution is -0.0610. The van der Waals surface area contributed by atoms with Crippen molar-refractivity contribution in [3.05, 3.63) is 65.9 Å². The van der Waals surface area contributed by atoms with Crippen molar-refractivity contribution in [1.82, 2.24) is 24.6 Å². The minimum absolute atomic E-state index is 0.217. The molecule has 2 aromatic heterocycles. The molecule has 3 aliphatic heterocycles. The normalized spacial score (nSPS) is 19.4. The van der Waals surface area contributed by atoms with Gasteiger partial charge in [-0.05, 0) is 36.6 Å². The van der Waals surface area contributed by atoms with Crippen molar-refractivity contribution in [3.8, 4) is 0 Å². The van der Waals surface area contributed by atoms with E-state index in [2.05, 4.69) is 26.6 Å². The Hall–Kier alpha value is -3.99. The third-order valence-corrected chi connectivity index (χ3v) is 8.10. The average Bonchev–Trinajstić information content (AvgIpc) is 3.43. The standard InChI is InChI=1S/C26H29N7O4/c1-31-17-28-30-21(31)13-26(15-37-16-26)18-4-2-5-19(12-18)29-23(34)33-14-25(20-6-3-9-27-22(20)33)7-10-32(11-8-25)24(35)36/h2-6,9,12,17H,7-8,10-11,13-16H2,1H3,(H,29,34)(H,35,36). The molecule has 1 aromatic carbocycles. The summed E-state index contributed by atoms with van der Waals surface area (Å²) >= 11 is 0. The number of carboxylic acid groups (broad SMARTS) is 1. The van der Waals surface area contributed by atoms with Crippen LogP contribution in [-0.4, -0.2) is 74.7 Å². The van der Waals surface area contributed by atoms with Gasteiger partial charge in [0.1, 0.15) is 18.0 Å². The average molecular weight is 504 g/mol. The minimum Gasteiger partial charge on any atom is -0.465 e. The molecule has 2 fully saturated rings. The number of urea groups is 1. The second-order valence-corrected chi connectivity index (χ2v) is 10.3. The molecule has 0 radical (unpaired) electrons. The number of pyridine rings is 1. The first-order chi connectivity index (χ1) is 17.9. The zero-order valence-corrected chi connectivity index (χ0v) is 20.6. The van der Waals surface area contributed by atoms with Crippen LogP contribution in [0.4, 0.5) is 21.1 Å². The van der Waals surface area contributed by atoms with Crippen molar-refractivity contribution in [2.45, 2.75) is 30.1 Å². The van der Waals surface area contributed by atoms with Crippen LogP contribution in [0.5, 0.6) is 0 Å². The summed E-state index contributed by atoms with van der Waals surface area (Å²) in [6.45, 7) is 2.52. The van der Waals surface area contributed by atoms with Gasteiger partial charge in [0, 0.05) is 61.4 Å². The minimum atomic E-state index is -0.900. The number of nitrogens with one attached hydrogen (secondary N) is 1. The molecular weight excluding hydrogens is 474 g/mol. The first-order valence-corrected chi connectivity index (χ1v) is 12.4. The van der Waals surface area contributed by atoms with E-state index in [1.807, 2.05) is 41.9 Å². The number of carbonyl (C=O) groups excluding carboxylic acids is 1. The Bertz CT molecular complexity index is 1340. The summed E-state index contributed by atoms with van der Waals surface area (Å²) in [6.07, 6.45) is 4.49. The topological polar surface area (TPSA) is 126 Å². The lowest BCUT2D eigenvalue weighted by atomic mass is 9.75. The summed E-state index contributed by atoms with van der Waals surface area (Å²) in [5, 5.41) is 20.7. The Morgan fingerprint density at radius 1 is 1.16 bits per heavy atom. The van der Waals surface area contributed by atoms with Crippen LogP contribution in [-0.2, 0) is 29.0 Å². The maximum atomic E-state index is 13.5. The van der Waals surface area contributed by atoms with Crippen molar-refractivity contribution >= 4 is 23.6 Å². The van der Waals surface area contributed by atoms with E-state index in [1.165, 1.54) is 4.90 Å². The highest BCUT2D eigenvalue weighted by Gasteiger charge is 2.48. The fourth-order valence-corrected chi connectivity index (χ4v) is 5.82. The molecule has 5 heterocycles. The predicted molar refractivity (Wildman–Crippen MR) is 135 cm³/mol. The van der Waals surface area contributed by atoms with Crippen LogP contribution in [0, 0.1) is 0 Å². The molecule has 0 unspecified atom stereocenters. The van der Waals surface area contributed by atoms with E-state index >= 15 is 0 Å². The SMILES string of the molecule is Cn1cnnc1CC1(c2cccc(NC(=O)N3CC4(CCN(C(=O)O)CC4)c4cccnc43)c2)COC1. The van der Waals surface area contributed by atoms with E-state index in [4.69, 9.17) is 4.74 Å². The summed E-state index contributed by atoms with van der Waals surface area (Å²) in [5.41, 5.74) is 2.28. The summed E-state index contributed by atoms with van der Waals surface area (Å²) < 4.78 is 7.52. The number of benzene rings is 1. The fraction of sp³-hybridized carbons (Fsp3) is 0.423. The molecule has 11 heteroatoms. The van der Waals surface area contributed by atoms with E-state index in [9.17, 15) is 14.7 Å². The van der Waals surface area contributed by atoms with E-state index < -0.39 is 6.09 Å². The van der Waals surface area contributed by atoms with Crippen LogP contribution < -0.4 is 10.2 Å². The second-order valence-electron chi connectivity index (χ2n) is 10.3. The number of piperidine rings is 1. The van der Waals surface area contributed by atoms with Gasteiger partial charge in [-0.15, -0.1) is 10.2 Å². The molecule has 0 saturated carbocycles. The Balaban J connectivity index is 1.22. The number of amides is 3. The highest BCUT2D eigenvalue weighted by molar-refractivity contribution is 6.03. The molecule has 3 aliphatic rings. The number of carbonyl (C=O) groups is 2. The molecule has 3 aromatic rings. The molecule has 3 amide bonds. The van der Waals surface area contributed by atoms with Crippen molar-refractivity contribution in [3.63, 3.8) is 0 Å². The molecule has 37 heavy (non-hydrogen) atoms. The van der Waals surface area contributed by atoms with Crippen molar-refractivity contribution in [1.29, 1.82) is 0 Å². The number of hydrogen-bond acceptors (Lipinski definition) is 6. The Kier molecular flexibility index (Phi) is 5.59. The molecule has 0 aliphatic carbocycles. The van der Waals surface area contributed by atoms with Gasteiger partial charge in [-0.25, -0.2) is 14.6 Å². The Morgan fingerprint density at radius 3 is 2.65 bits per heavy atom. The van der Waals surface area contributed by atoms with Gasteiger partial charge in [0.05, 0.1) is 13.2 Å².